The fraction of sp³-hybridized carbons (Fsp3) is 1.00. The van der Waals surface area contributed by atoms with Gasteiger partial charge in [-0.3, -0.25) is 0 Å². The topological polar surface area (TPSA) is 38.7 Å². The van der Waals surface area contributed by atoms with Gasteiger partial charge in [0.15, 0.2) is 5.79 Å². The Balaban J connectivity index is 2.26. The van der Waals surface area contributed by atoms with Crippen molar-refractivity contribution in [1.82, 2.24) is 0 Å². The Morgan fingerprint density at radius 1 is 1.25 bits per heavy atom. The molecule has 3 heteroatoms. The largest absolute Gasteiger partial charge is 0.387 e. The molecule has 2 heterocycles. The summed E-state index contributed by atoms with van der Waals surface area (Å²) in [5.41, 5.74) is -0.509. The molecule has 16 heavy (non-hydrogen) atoms. The van der Waals surface area contributed by atoms with E-state index < -0.39 is 17.5 Å². The molecule has 2 bridgehead atoms. The second-order valence-corrected chi connectivity index (χ2v) is 6.31. The quantitative estimate of drug-likeness (QED) is 0.748. The molecule has 0 radical (unpaired) electrons. The van der Waals surface area contributed by atoms with E-state index in [1.807, 2.05) is 20.8 Å². The number of rotatable bonds is 1. The van der Waals surface area contributed by atoms with Crippen LogP contribution in [-0.4, -0.2) is 28.7 Å². The van der Waals surface area contributed by atoms with Crippen molar-refractivity contribution in [3.05, 3.63) is 0 Å². The predicted molar refractivity (Wildman–Crippen MR) is 62.0 cm³/mol. The minimum absolute atomic E-state index is 0.0810. The highest BCUT2D eigenvalue weighted by Crippen LogP contribution is 2.46. The van der Waals surface area contributed by atoms with Gasteiger partial charge < -0.3 is 14.6 Å². The van der Waals surface area contributed by atoms with Crippen LogP contribution in [0.2, 0.25) is 0 Å². The SMILES string of the molecule is CC(C)[C@H]1CC[C@@]2(C)O[C@@H]1[C@H](O)C(C)(C)O2. The summed E-state index contributed by atoms with van der Waals surface area (Å²) in [5, 5.41) is 10.3. The lowest BCUT2D eigenvalue weighted by Crippen LogP contribution is -2.65. The molecule has 0 aromatic rings. The summed E-state index contributed by atoms with van der Waals surface area (Å²) in [7, 11) is 0. The van der Waals surface area contributed by atoms with Gasteiger partial charge in [0, 0.05) is 6.42 Å². The second kappa shape index (κ2) is 3.69. The van der Waals surface area contributed by atoms with Crippen molar-refractivity contribution in [2.24, 2.45) is 11.8 Å². The first-order valence-corrected chi connectivity index (χ1v) is 6.31. The zero-order valence-corrected chi connectivity index (χ0v) is 11.0. The van der Waals surface area contributed by atoms with Gasteiger partial charge in [-0.25, -0.2) is 0 Å². The molecular weight excluding hydrogens is 204 g/mol. The summed E-state index contributed by atoms with van der Waals surface area (Å²) in [4.78, 5) is 0. The number of ether oxygens (including phenoxy) is 2. The Hall–Kier alpha value is -0.120. The molecule has 3 nitrogen and oxygen atoms in total. The first kappa shape index (κ1) is 12.3. The molecule has 4 atom stereocenters. The first-order chi connectivity index (χ1) is 7.25. The van der Waals surface area contributed by atoms with Gasteiger partial charge in [0.25, 0.3) is 0 Å². The average Bonchev–Trinajstić information content (AvgIpc) is 2.12. The number of aliphatic hydroxyl groups excluding tert-OH is 1. The molecule has 0 amide bonds. The molecule has 1 N–H and O–H groups in total. The molecule has 2 aliphatic heterocycles. The molecule has 94 valence electrons. The highest BCUT2D eigenvalue weighted by molar-refractivity contribution is 4.99. The summed E-state index contributed by atoms with van der Waals surface area (Å²) >= 11 is 0. The molecule has 0 aromatic carbocycles. The highest BCUT2D eigenvalue weighted by Gasteiger charge is 2.54. The third-order valence-electron chi connectivity index (χ3n) is 4.10. The molecule has 2 fully saturated rings. The Morgan fingerprint density at radius 2 is 1.88 bits per heavy atom. The van der Waals surface area contributed by atoms with E-state index in [0.717, 1.165) is 12.8 Å². The van der Waals surface area contributed by atoms with E-state index in [1.165, 1.54) is 0 Å². The lowest BCUT2D eigenvalue weighted by Gasteiger charge is -2.55. The summed E-state index contributed by atoms with van der Waals surface area (Å²) in [6.45, 7) is 10.3. The standard InChI is InChI=1S/C13H24O3/c1-8(2)9-6-7-13(5)15-10(9)11(14)12(3,4)16-13/h8-11,14H,6-7H2,1-5H3/t9-,10+,11+,13+/m1/s1. The molecule has 0 spiro atoms. The monoisotopic (exact) mass is 228 g/mol. The van der Waals surface area contributed by atoms with Gasteiger partial charge in [0.05, 0.1) is 11.7 Å². The molecule has 2 rings (SSSR count). The third-order valence-corrected chi connectivity index (χ3v) is 4.10. The van der Waals surface area contributed by atoms with Crippen LogP contribution in [0, 0.1) is 11.8 Å². The van der Waals surface area contributed by atoms with Crippen molar-refractivity contribution < 1.29 is 14.6 Å². The lowest BCUT2D eigenvalue weighted by molar-refractivity contribution is -0.393. The van der Waals surface area contributed by atoms with Gasteiger partial charge in [-0.2, -0.15) is 0 Å². The average molecular weight is 228 g/mol. The van der Waals surface area contributed by atoms with E-state index in [-0.39, 0.29) is 6.10 Å². The molecular formula is C13H24O3. The number of hydrogen-bond acceptors (Lipinski definition) is 3. The summed E-state index contributed by atoms with van der Waals surface area (Å²) in [6, 6.07) is 0. The maximum atomic E-state index is 10.3. The van der Waals surface area contributed by atoms with Crippen molar-refractivity contribution in [3.63, 3.8) is 0 Å². The predicted octanol–water partition coefficient (Wildman–Crippen LogP) is 2.32. The zero-order valence-electron chi connectivity index (χ0n) is 11.0. The maximum Gasteiger partial charge on any atom is 0.166 e. The number of aliphatic hydroxyl groups is 1. The molecule has 0 saturated carbocycles. The van der Waals surface area contributed by atoms with Crippen molar-refractivity contribution in [2.45, 2.75) is 71.1 Å². The zero-order chi connectivity index (χ0) is 12.1. The van der Waals surface area contributed by atoms with Crippen LogP contribution >= 0.6 is 0 Å². The van der Waals surface area contributed by atoms with Crippen LogP contribution in [-0.2, 0) is 9.47 Å². The van der Waals surface area contributed by atoms with E-state index in [0.29, 0.717) is 11.8 Å². The highest BCUT2D eigenvalue weighted by atomic mass is 16.7. The van der Waals surface area contributed by atoms with Crippen LogP contribution in [0.1, 0.15) is 47.5 Å². The van der Waals surface area contributed by atoms with Gasteiger partial charge in [-0.05, 0) is 39.0 Å². The fourth-order valence-electron chi connectivity index (χ4n) is 3.13. The van der Waals surface area contributed by atoms with Gasteiger partial charge in [0.1, 0.15) is 6.10 Å². The van der Waals surface area contributed by atoms with Crippen LogP contribution in [0.3, 0.4) is 0 Å². The summed E-state index contributed by atoms with van der Waals surface area (Å²) in [6.07, 6.45) is 1.38. The molecule has 0 aliphatic carbocycles. The van der Waals surface area contributed by atoms with Gasteiger partial charge >= 0.3 is 0 Å². The minimum atomic E-state index is -0.534. The fourth-order valence-corrected chi connectivity index (χ4v) is 3.13. The first-order valence-electron chi connectivity index (χ1n) is 6.31. The normalized spacial score (nSPS) is 47.1. The Kier molecular flexibility index (Phi) is 2.84. The van der Waals surface area contributed by atoms with Gasteiger partial charge in [-0.1, -0.05) is 13.8 Å². The van der Waals surface area contributed by atoms with E-state index in [4.69, 9.17) is 9.47 Å². The van der Waals surface area contributed by atoms with Crippen molar-refractivity contribution in [1.29, 1.82) is 0 Å². The summed E-state index contributed by atoms with van der Waals surface area (Å²) in [5.74, 6) is 0.475. The van der Waals surface area contributed by atoms with Gasteiger partial charge in [-0.15, -0.1) is 0 Å². The lowest BCUT2D eigenvalue weighted by atomic mass is 9.75. The van der Waals surface area contributed by atoms with Crippen molar-refractivity contribution >= 4 is 0 Å². The Labute approximate surface area is 98.1 Å². The molecule has 2 saturated heterocycles. The molecule has 0 unspecified atom stereocenters. The van der Waals surface area contributed by atoms with Crippen molar-refractivity contribution in [2.75, 3.05) is 0 Å². The molecule has 0 aromatic heterocycles. The second-order valence-electron chi connectivity index (χ2n) is 6.31. The van der Waals surface area contributed by atoms with E-state index in [1.54, 1.807) is 0 Å². The van der Waals surface area contributed by atoms with Crippen LogP contribution in [0.25, 0.3) is 0 Å². The van der Waals surface area contributed by atoms with Crippen LogP contribution in [0.15, 0.2) is 0 Å². The van der Waals surface area contributed by atoms with Gasteiger partial charge in [0.2, 0.25) is 0 Å². The van der Waals surface area contributed by atoms with E-state index in [9.17, 15) is 5.11 Å². The molecule has 2 aliphatic rings. The number of hydrogen-bond donors (Lipinski definition) is 1. The van der Waals surface area contributed by atoms with E-state index in [2.05, 4.69) is 13.8 Å². The van der Waals surface area contributed by atoms with Crippen molar-refractivity contribution in [3.8, 4) is 0 Å². The Morgan fingerprint density at radius 3 is 2.44 bits per heavy atom. The van der Waals surface area contributed by atoms with E-state index >= 15 is 0 Å². The minimum Gasteiger partial charge on any atom is -0.387 e. The smallest absolute Gasteiger partial charge is 0.166 e. The summed E-state index contributed by atoms with van der Waals surface area (Å²) < 4.78 is 11.9. The third kappa shape index (κ3) is 1.89. The van der Waals surface area contributed by atoms with Crippen LogP contribution < -0.4 is 0 Å². The van der Waals surface area contributed by atoms with Crippen LogP contribution in [0.5, 0.6) is 0 Å². The van der Waals surface area contributed by atoms with Crippen LogP contribution in [0.4, 0.5) is 0 Å². The Bertz CT molecular complexity index is 270. The maximum absolute atomic E-state index is 10.3. The number of fused-ring (bicyclic) bond motifs is 2.